The molecule has 3 atom stereocenters. The van der Waals surface area contributed by atoms with Crippen molar-refractivity contribution in [1.82, 2.24) is 4.98 Å². The predicted molar refractivity (Wildman–Crippen MR) is 109 cm³/mol. The molecule has 1 aliphatic carbocycles. The van der Waals surface area contributed by atoms with E-state index < -0.39 is 5.92 Å². The molecule has 0 amide bonds. The number of aliphatic imine (C=N–C) groups is 1. The summed E-state index contributed by atoms with van der Waals surface area (Å²) in [7, 11) is 0. The Bertz CT molecular complexity index is 866. The van der Waals surface area contributed by atoms with Crippen molar-refractivity contribution in [3.63, 3.8) is 0 Å². The van der Waals surface area contributed by atoms with E-state index in [0.29, 0.717) is 24.3 Å². The summed E-state index contributed by atoms with van der Waals surface area (Å²) >= 11 is 0. The van der Waals surface area contributed by atoms with Crippen LogP contribution in [-0.4, -0.2) is 41.8 Å². The van der Waals surface area contributed by atoms with Crippen LogP contribution < -0.4 is 0 Å². The van der Waals surface area contributed by atoms with Gasteiger partial charge in [0.05, 0.1) is 6.10 Å². The molecule has 1 unspecified atom stereocenters. The van der Waals surface area contributed by atoms with Crippen LogP contribution in [0.1, 0.15) is 57.9 Å². The van der Waals surface area contributed by atoms with Gasteiger partial charge < -0.3 is 9.47 Å². The molecule has 6 heteroatoms. The molecule has 2 aliphatic heterocycles. The van der Waals surface area contributed by atoms with Gasteiger partial charge in [0.2, 0.25) is 0 Å². The monoisotopic (exact) mass is 396 g/mol. The molecule has 154 valence electrons. The summed E-state index contributed by atoms with van der Waals surface area (Å²) in [6.45, 7) is 7.00. The first-order valence-electron chi connectivity index (χ1n) is 10.4. The van der Waals surface area contributed by atoms with E-state index in [1.165, 1.54) is 0 Å². The van der Waals surface area contributed by atoms with Crippen LogP contribution in [0.25, 0.3) is 0 Å². The van der Waals surface area contributed by atoms with Gasteiger partial charge in [-0.05, 0) is 49.3 Å². The highest BCUT2D eigenvalue weighted by atomic mass is 16.6. The number of ether oxygens (including phenoxy) is 2. The summed E-state index contributed by atoms with van der Waals surface area (Å²) in [6.07, 6.45) is 6.44. The number of carbonyl (C=O) groups is 2. The Hall–Kier alpha value is -2.34. The van der Waals surface area contributed by atoms with Gasteiger partial charge in [0.25, 0.3) is 0 Å². The molecule has 1 aromatic heterocycles. The van der Waals surface area contributed by atoms with Gasteiger partial charge in [0.1, 0.15) is 12.5 Å². The Morgan fingerprint density at radius 3 is 2.72 bits per heavy atom. The van der Waals surface area contributed by atoms with E-state index in [-0.39, 0.29) is 35.8 Å². The minimum absolute atomic E-state index is 0.0361. The second-order valence-electron chi connectivity index (χ2n) is 9.06. The Morgan fingerprint density at radius 1 is 1.28 bits per heavy atom. The van der Waals surface area contributed by atoms with Gasteiger partial charge in [-0.15, -0.1) is 0 Å². The van der Waals surface area contributed by atoms with Gasteiger partial charge in [-0.1, -0.05) is 13.8 Å². The zero-order valence-corrected chi connectivity index (χ0v) is 17.3. The van der Waals surface area contributed by atoms with Crippen molar-refractivity contribution in [1.29, 1.82) is 0 Å². The molecular formula is C23H28N2O4. The summed E-state index contributed by atoms with van der Waals surface area (Å²) in [5.74, 6) is -1.26. The number of nitrogens with zero attached hydrogens (tertiary/aromatic N) is 2. The third-order valence-electron chi connectivity index (χ3n) is 6.06. The molecule has 3 aliphatic rings. The van der Waals surface area contributed by atoms with Gasteiger partial charge in [-0.25, -0.2) is 0 Å². The smallest absolute Gasteiger partial charge is 0.315 e. The van der Waals surface area contributed by atoms with Crippen LogP contribution in [0.2, 0.25) is 0 Å². The molecule has 0 radical (unpaired) electrons. The van der Waals surface area contributed by atoms with E-state index in [4.69, 9.17) is 14.5 Å². The lowest BCUT2D eigenvalue weighted by Crippen LogP contribution is -2.40. The molecule has 1 saturated heterocycles. The number of pyridine rings is 1. The van der Waals surface area contributed by atoms with Crippen molar-refractivity contribution in [2.45, 2.75) is 58.5 Å². The second kappa shape index (κ2) is 7.82. The van der Waals surface area contributed by atoms with Crippen molar-refractivity contribution >= 4 is 17.5 Å². The van der Waals surface area contributed by atoms with E-state index in [9.17, 15) is 9.59 Å². The first kappa shape index (κ1) is 20.0. The number of carbonyl (C=O) groups excluding carboxylic acids is 2. The predicted octanol–water partition coefficient (Wildman–Crippen LogP) is 3.62. The average molecular weight is 396 g/mol. The normalized spacial score (nSPS) is 28.7. The zero-order valence-electron chi connectivity index (χ0n) is 17.3. The van der Waals surface area contributed by atoms with Crippen LogP contribution >= 0.6 is 0 Å². The summed E-state index contributed by atoms with van der Waals surface area (Å²) in [5.41, 5.74) is 2.95. The minimum Gasteiger partial charge on any atom is -0.462 e. The standard InChI is InChI=1S/C23H28N2O4/c1-14-19(22(27)29-13-16-5-4-10-28-16)20(15-6-8-24-9-7-15)21-17(25-14)11-23(2,3)12-18(21)26/h6-9,16,19-20H,4-5,10-13H2,1-3H3/t16-,19?,20+/m1/s1. The maximum Gasteiger partial charge on any atom is 0.315 e. The van der Waals surface area contributed by atoms with E-state index >= 15 is 0 Å². The van der Waals surface area contributed by atoms with Gasteiger partial charge in [0, 0.05) is 48.3 Å². The molecule has 6 nitrogen and oxygen atoms in total. The number of allylic oxidation sites excluding steroid dienone is 2. The fourth-order valence-electron chi connectivity index (χ4n) is 4.72. The number of rotatable bonds is 4. The van der Waals surface area contributed by atoms with Crippen molar-refractivity contribution in [2.75, 3.05) is 13.2 Å². The van der Waals surface area contributed by atoms with Crippen molar-refractivity contribution in [3.8, 4) is 0 Å². The number of hydrogen-bond acceptors (Lipinski definition) is 6. The van der Waals surface area contributed by atoms with E-state index in [1.807, 2.05) is 19.1 Å². The largest absolute Gasteiger partial charge is 0.462 e. The quantitative estimate of drug-likeness (QED) is 0.727. The number of aromatic nitrogens is 1. The molecule has 0 bridgehead atoms. The van der Waals surface area contributed by atoms with Crippen molar-refractivity contribution < 1.29 is 19.1 Å². The molecule has 0 spiro atoms. The highest BCUT2D eigenvalue weighted by Gasteiger charge is 2.46. The molecule has 0 N–H and O–H groups in total. The maximum absolute atomic E-state index is 13.2. The lowest BCUT2D eigenvalue weighted by Gasteiger charge is -2.39. The van der Waals surface area contributed by atoms with Crippen LogP contribution in [0.15, 0.2) is 40.8 Å². The van der Waals surface area contributed by atoms with Crippen LogP contribution in [0.5, 0.6) is 0 Å². The molecule has 29 heavy (non-hydrogen) atoms. The topological polar surface area (TPSA) is 77.9 Å². The lowest BCUT2D eigenvalue weighted by molar-refractivity contribution is -0.149. The molecule has 0 saturated carbocycles. The molecule has 1 aromatic rings. The lowest BCUT2D eigenvalue weighted by atomic mass is 9.67. The summed E-state index contributed by atoms with van der Waals surface area (Å²) in [4.78, 5) is 35.1. The summed E-state index contributed by atoms with van der Waals surface area (Å²) < 4.78 is 11.2. The number of hydrogen-bond donors (Lipinski definition) is 0. The van der Waals surface area contributed by atoms with E-state index in [1.54, 1.807) is 12.4 Å². The Labute approximate surface area is 171 Å². The highest BCUT2D eigenvalue weighted by Crippen LogP contribution is 2.47. The van der Waals surface area contributed by atoms with Crippen molar-refractivity contribution in [3.05, 3.63) is 41.4 Å². The highest BCUT2D eigenvalue weighted by molar-refractivity contribution is 6.09. The SMILES string of the molecule is CC1=NC2=C(C(=O)CC(C)(C)C2)[C@@H](c2ccncc2)C1C(=O)OC[C@H]1CCCO1. The molecule has 0 aromatic carbocycles. The molecule has 3 heterocycles. The second-order valence-corrected chi connectivity index (χ2v) is 9.06. The third-order valence-corrected chi connectivity index (χ3v) is 6.06. The summed E-state index contributed by atoms with van der Waals surface area (Å²) in [5, 5.41) is 0. The Balaban J connectivity index is 1.69. The van der Waals surface area contributed by atoms with Crippen LogP contribution in [0.4, 0.5) is 0 Å². The fourth-order valence-corrected chi connectivity index (χ4v) is 4.72. The van der Waals surface area contributed by atoms with Gasteiger partial charge >= 0.3 is 5.97 Å². The third kappa shape index (κ3) is 4.04. The molecular weight excluding hydrogens is 368 g/mol. The van der Waals surface area contributed by atoms with Crippen molar-refractivity contribution in [2.24, 2.45) is 16.3 Å². The first-order chi connectivity index (χ1) is 13.9. The van der Waals surface area contributed by atoms with Gasteiger partial charge in [-0.3, -0.25) is 19.6 Å². The number of ketones is 1. The zero-order chi connectivity index (χ0) is 20.6. The minimum atomic E-state index is -0.609. The summed E-state index contributed by atoms with van der Waals surface area (Å²) in [6, 6.07) is 3.75. The maximum atomic E-state index is 13.2. The van der Waals surface area contributed by atoms with E-state index in [2.05, 4.69) is 18.8 Å². The Morgan fingerprint density at radius 2 is 2.03 bits per heavy atom. The number of Topliss-reactive ketones (excluding diaryl/α,β-unsaturated/α-hetero) is 1. The molecule has 4 rings (SSSR count). The van der Waals surface area contributed by atoms with Crippen LogP contribution in [0.3, 0.4) is 0 Å². The van der Waals surface area contributed by atoms with Gasteiger partial charge in [0.15, 0.2) is 5.78 Å². The van der Waals surface area contributed by atoms with Crippen LogP contribution in [0, 0.1) is 11.3 Å². The number of esters is 1. The van der Waals surface area contributed by atoms with E-state index in [0.717, 1.165) is 30.5 Å². The molecule has 1 fully saturated rings. The van der Waals surface area contributed by atoms with Gasteiger partial charge in [-0.2, -0.15) is 0 Å². The first-order valence-corrected chi connectivity index (χ1v) is 10.4. The Kier molecular flexibility index (Phi) is 5.38. The fraction of sp³-hybridized carbons (Fsp3) is 0.565. The van der Waals surface area contributed by atoms with Crippen LogP contribution in [-0.2, 0) is 19.1 Å². The average Bonchev–Trinajstić information content (AvgIpc) is 3.18.